The minimum atomic E-state index is -1.31. The number of aromatic nitrogens is 1. The molecule has 5 nitrogen and oxygen atoms in total. The maximum Gasteiger partial charge on any atom is 0.253 e. The molecule has 4 N–H and O–H groups in total. The molecule has 5 heteroatoms. The van der Waals surface area contributed by atoms with Gasteiger partial charge in [-0.05, 0) is 19.9 Å². The highest BCUT2D eigenvalue weighted by Crippen LogP contribution is 2.21. The van der Waals surface area contributed by atoms with Crippen molar-refractivity contribution in [2.75, 3.05) is 13.2 Å². The summed E-state index contributed by atoms with van der Waals surface area (Å²) in [7, 11) is 0. The molecule has 1 atom stereocenters. The average molecular weight is 262 g/mol. The number of carbonyl (C=O) groups excluding carboxylic acids is 1. The van der Waals surface area contributed by atoms with Crippen molar-refractivity contribution in [1.29, 1.82) is 0 Å². The standard InChI is InChI=1S/C14H18N2O3/c1-9-12(10-5-3-4-6-11(10)16-9)13(18)15-7-14(2,19)8-17/h3-6,16-17,19H,7-8H2,1-2H3,(H,15,18). The Morgan fingerprint density at radius 2 is 2.11 bits per heavy atom. The molecule has 0 spiro atoms. The van der Waals surface area contributed by atoms with E-state index >= 15 is 0 Å². The fourth-order valence-corrected chi connectivity index (χ4v) is 1.98. The van der Waals surface area contributed by atoms with Crippen LogP contribution in [0.2, 0.25) is 0 Å². The van der Waals surface area contributed by atoms with Gasteiger partial charge in [-0.1, -0.05) is 18.2 Å². The molecule has 0 saturated heterocycles. The van der Waals surface area contributed by atoms with Gasteiger partial charge >= 0.3 is 0 Å². The molecule has 19 heavy (non-hydrogen) atoms. The van der Waals surface area contributed by atoms with Crippen LogP contribution in [0.4, 0.5) is 0 Å². The summed E-state index contributed by atoms with van der Waals surface area (Å²) in [5, 5.41) is 22.1. The largest absolute Gasteiger partial charge is 0.393 e. The van der Waals surface area contributed by atoms with Crippen molar-refractivity contribution in [1.82, 2.24) is 10.3 Å². The lowest BCUT2D eigenvalue weighted by Crippen LogP contribution is -2.43. The van der Waals surface area contributed by atoms with Crippen molar-refractivity contribution >= 4 is 16.8 Å². The van der Waals surface area contributed by atoms with Gasteiger partial charge in [0, 0.05) is 23.1 Å². The lowest BCUT2D eigenvalue weighted by Gasteiger charge is -2.20. The van der Waals surface area contributed by atoms with Crippen LogP contribution in [-0.2, 0) is 0 Å². The van der Waals surface area contributed by atoms with E-state index in [1.807, 2.05) is 31.2 Å². The number of aliphatic hydroxyl groups excluding tert-OH is 1. The second-order valence-corrected chi connectivity index (χ2v) is 5.01. The molecular weight excluding hydrogens is 244 g/mol. The van der Waals surface area contributed by atoms with Crippen molar-refractivity contribution in [2.24, 2.45) is 0 Å². The van der Waals surface area contributed by atoms with E-state index in [1.54, 1.807) is 0 Å². The Labute approximate surface area is 111 Å². The molecule has 1 amide bonds. The highest BCUT2D eigenvalue weighted by atomic mass is 16.3. The maximum atomic E-state index is 12.2. The highest BCUT2D eigenvalue weighted by Gasteiger charge is 2.22. The van der Waals surface area contributed by atoms with Crippen molar-refractivity contribution < 1.29 is 15.0 Å². The quantitative estimate of drug-likeness (QED) is 0.662. The molecule has 1 aromatic carbocycles. The van der Waals surface area contributed by atoms with Gasteiger partial charge in [-0.25, -0.2) is 0 Å². The molecule has 2 aromatic rings. The number of H-pyrrole nitrogens is 1. The van der Waals surface area contributed by atoms with Gasteiger partial charge < -0.3 is 20.5 Å². The first-order chi connectivity index (χ1) is 8.94. The van der Waals surface area contributed by atoms with Crippen LogP contribution >= 0.6 is 0 Å². The Hall–Kier alpha value is -1.85. The molecule has 1 heterocycles. The first-order valence-corrected chi connectivity index (χ1v) is 6.13. The van der Waals surface area contributed by atoms with Crippen LogP contribution in [0.25, 0.3) is 10.9 Å². The first-order valence-electron chi connectivity index (χ1n) is 6.13. The van der Waals surface area contributed by atoms with Gasteiger partial charge in [0.1, 0.15) is 5.60 Å². The molecule has 0 radical (unpaired) electrons. The summed E-state index contributed by atoms with van der Waals surface area (Å²) in [5.41, 5.74) is 0.945. The molecule has 0 aliphatic rings. The number of rotatable bonds is 4. The zero-order valence-corrected chi connectivity index (χ0v) is 11.0. The van der Waals surface area contributed by atoms with Gasteiger partial charge in [-0.3, -0.25) is 4.79 Å². The van der Waals surface area contributed by atoms with Crippen LogP contribution in [0.15, 0.2) is 24.3 Å². The van der Waals surface area contributed by atoms with E-state index in [2.05, 4.69) is 10.3 Å². The summed E-state index contributed by atoms with van der Waals surface area (Å²) in [6.07, 6.45) is 0. The van der Waals surface area contributed by atoms with E-state index in [-0.39, 0.29) is 12.5 Å². The van der Waals surface area contributed by atoms with E-state index < -0.39 is 12.2 Å². The van der Waals surface area contributed by atoms with Gasteiger partial charge in [-0.15, -0.1) is 0 Å². The number of amides is 1. The Kier molecular flexibility index (Phi) is 3.59. The number of nitrogens with one attached hydrogen (secondary N) is 2. The molecule has 0 saturated carbocycles. The number of aryl methyl sites for hydroxylation is 1. The predicted molar refractivity (Wildman–Crippen MR) is 73.1 cm³/mol. The highest BCUT2D eigenvalue weighted by molar-refractivity contribution is 6.08. The van der Waals surface area contributed by atoms with E-state index in [0.29, 0.717) is 5.56 Å². The van der Waals surface area contributed by atoms with Gasteiger partial charge in [0.15, 0.2) is 0 Å². The number of aromatic amines is 1. The zero-order valence-electron chi connectivity index (χ0n) is 11.0. The normalized spacial score (nSPS) is 14.3. The predicted octanol–water partition coefficient (Wildman–Crippen LogP) is 0.949. The number of carbonyl (C=O) groups is 1. The number of aliphatic hydroxyl groups is 2. The number of hydrogen-bond donors (Lipinski definition) is 4. The van der Waals surface area contributed by atoms with E-state index in [1.165, 1.54) is 6.92 Å². The average Bonchev–Trinajstić information content (AvgIpc) is 2.72. The Morgan fingerprint density at radius 1 is 1.42 bits per heavy atom. The van der Waals surface area contributed by atoms with E-state index in [9.17, 15) is 9.90 Å². The third-order valence-electron chi connectivity index (χ3n) is 3.09. The van der Waals surface area contributed by atoms with Crippen LogP contribution in [0.1, 0.15) is 23.0 Å². The third kappa shape index (κ3) is 2.77. The molecule has 0 aliphatic carbocycles. The summed E-state index contributed by atoms with van der Waals surface area (Å²) >= 11 is 0. The molecule has 0 aliphatic heterocycles. The molecule has 0 bridgehead atoms. The smallest absolute Gasteiger partial charge is 0.253 e. The maximum absolute atomic E-state index is 12.2. The number of benzene rings is 1. The van der Waals surface area contributed by atoms with Gasteiger partial charge in [0.2, 0.25) is 0 Å². The lowest BCUT2D eigenvalue weighted by molar-refractivity contribution is 0.00321. The second kappa shape index (κ2) is 5.03. The minimum Gasteiger partial charge on any atom is -0.393 e. The molecule has 1 aromatic heterocycles. The molecular formula is C14H18N2O3. The number of fused-ring (bicyclic) bond motifs is 1. The number of hydrogen-bond acceptors (Lipinski definition) is 3. The summed E-state index contributed by atoms with van der Waals surface area (Å²) in [5.74, 6) is -0.260. The van der Waals surface area contributed by atoms with Crippen LogP contribution in [0.3, 0.4) is 0 Å². The first kappa shape index (κ1) is 13.6. The van der Waals surface area contributed by atoms with Crippen LogP contribution < -0.4 is 5.32 Å². The number of para-hydroxylation sites is 1. The van der Waals surface area contributed by atoms with Crippen LogP contribution in [0, 0.1) is 6.92 Å². The second-order valence-electron chi connectivity index (χ2n) is 5.01. The Bertz CT molecular complexity index is 602. The molecule has 1 unspecified atom stereocenters. The summed E-state index contributed by atoms with van der Waals surface area (Å²) in [6.45, 7) is 2.90. The zero-order chi connectivity index (χ0) is 14.0. The summed E-state index contributed by atoms with van der Waals surface area (Å²) in [4.78, 5) is 15.3. The molecule has 102 valence electrons. The minimum absolute atomic E-state index is 0.00127. The third-order valence-corrected chi connectivity index (χ3v) is 3.09. The van der Waals surface area contributed by atoms with Gasteiger partial charge in [0.25, 0.3) is 5.91 Å². The van der Waals surface area contributed by atoms with Crippen molar-refractivity contribution in [2.45, 2.75) is 19.4 Å². The SMILES string of the molecule is Cc1[nH]c2ccccc2c1C(=O)NCC(C)(O)CO. The van der Waals surface area contributed by atoms with Crippen molar-refractivity contribution in [3.8, 4) is 0 Å². The monoisotopic (exact) mass is 262 g/mol. The summed E-state index contributed by atoms with van der Waals surface area (Å²) in [6, 6.07) is 7.55. The topological polar surface area (TPSA) is 85.4 Å². The summed E-state index contributed by atoms with van der Waals surface area (Å²) < 4.78 is 0. The molecule has 2 rings (SSSR count). The Balaban J connectivity index is 2.24. The molecule has 0 fully saturated rings. The fraction of sp³-hybridized carbons (Fsp3) is 0.357. The van der Waals surface area contributed by atoms with Crippen LogP contribution in [-0.4, -0.2) is 39.9 Å². The van der Waals surface area contributed by atoms with Gasteiger partial charge in [0.05, 0.1) is 12.2 Å². The lowest BCUT2D eigenvalue weighted by atomic mass is 10.1. The fourth-order valence-electron chi connectivity index (χ4n) is 1.98. The Morgan fingerprint density at radius 3 is 2.79 bits per heavy atom. The van der Waals surface area contributed by atoms with Gasteiger partial charge in [-0.2, -0.15) is 0 Å². The van der Waals surface area contributed by atoms with Crippen molar-refractivity contribution in [3.63, 3.8) is 0 Å². The van der Waals surface area contributed by atoms with E-state index in [4.69, 9.17) is 5.11 Å². The van der Waals surface area contributed by atoms with Crippen molar-refractivity contribution in [3.05, 3.63) is 35.5 Å². The van der Waals surface area contributed by atoms with Crippen LogP contribution in [0.5, 0.6) is 0 Å². The van der Waals surface area contributed by atoms with E-state index in [0.717, 1.165) is 16.6 Å².